The maximum absolute atomic E-state index is 15.0. The number of ketones is 1. The summed E-state index contributed by atoms with van der Waals surface area (Å²) in [7, 11) is 1.53. The van der Waals surface area contributed by atoms with E-state index >= 15 is 0 Å². The smallest absolute Gasteiger partial charge is 0.412 e. The van der Waals surface area contributed by atoms with Crippen LogP contribution in [0, 0.1) is 12.7 Å². The molecule has 0 aliphatic heterocycles. The van der Waals surface area contributed by atoms with Gasteiger partial charge in [-0.25, -0.2) is 24.1 Å². The van der Waals surface area contributed by atoms with Crippen LogP contribution in [-0.4, -0.2) is 56.1 Å². The Hall–Kier alpha value is -4.78. The van der Waals surface area contributed by atoms with Crippen molar-refractivity contribution in [3.8, 4) is 22.3 Å². The molecule has 0 aliphatic carbocycles. The molecule has 1 N–H and O–H groups in total. The molecule has 210 valence electrons. The van der Waals surface area contributed by atoms with Crippen molar-refractivity contribution in [2.75, 3.05) is 12.4 Å². The van der Waals surface area contributed by atoms with Gasteiger partial charge in [0.05, 0.1) is 36.2 Å². The van der Waals surface area contributed by atoms with Gasteiger partial charge in [0, 0.05) is 18.6 Å². The zero-order chi connectivity index (χ0) is 29.3. The van der Waals surface area contributed by atoms with Crippen molar-refractivity contribution in [2.24, 2.45) is 0 Å². The summed E-state index contributed by atoms with van der Waals surface area (Å²) in [6.07, 6.45) is 0.625. The summed E-state index contributed by atoms with van der Waals surface area (Å²) in [4.78, 5) is 46.0. The highest BCUT2D eigenvalue weighted by Gasteiger charge is 2.23. The van der Waals surface area contributed by atoms with Gasteiger partial charge < -0.3 is 14.2 Å². The van der Waals surface area contributed by atoms with Crippen LogP contribution in [0.3, 0.4) is 0 Å². The number of rotatable bonds is 8. The predicted octanol–water partition coefficient (Wildman–Crippen LogP) is 5.76. The van der Waals surface area contributed by atoms with Crippen molar-refractivity contribution in [3.05, 3.63) is 59.8 Å². The number of aryl methyl sites for hydroxylation is 1. The van der Waals surface area contributed by atoms with Gasteiger partial charge >= 0.3 is 6.09 Å². The molecule has 0 unspecified atom stereocenters. The molecule has 0 saturated heterocycles. The number of hydrogen-bond acceptors (Lipinski definition) is 11. The van der Waals surface area contributed by atoms with E-state index in [1.807, 2.05) is 19.1 Å². The summed E-state index contributed by atoms with van der Waals surface area (Å²) in [5.74, 6) is -0.729. The highest BCUT2D eigenvalue weighted by molar-refractivity contribution is 7.21. The van der Waals surface area contributed by atoms with E-state index in [2.05, 4.69) is 30.2 Å². The minimum atomic E-state index is -0.761. The molecule has 0 saturated carbocycles. The van der Waals surface area contributed by atoms with Crippen LogP contribution in [0.1, 0.15) is 36.8 Å². The Morgan fingerprint density at radius 3 is 2.51 bits per heavy atom. The van der Waals surface area contributed by atoms with Gasteiger partial charge in [-0.15, -0.1) is 0 Å². The maximum Gasteiger partial charge on any atom is 0.412 e. The molecule has 0 spiro atoms. The number of thiazole rings is 1. The number of benzene rings is 1. The van der Waals surface area contributed by atoms with Crippen LogP contribution >= 0.6 is 11.3 Å². The molecule has 5 aromatic rings. The number of pyridine rings is 2. The molecule has 0 radical (unpaired) electrons. The fourth-order valence-electron chi connectivity index (χ4n) is 3.89. The predicted molar refractivity (Wildman–Crippen MR) is 151 cm³/mol. The fourth-order valence-corrected chi connectivity index (χ4v) is 4.82. The average Bonchev–Trinajstić information content (AvgIpc) is 3.34. The van der Waals surface area contributed by atoms with Crippen molar-refractivity contribution < 1.29 is 28.2 Å². The van der Waals surface area contributed by atoms with Crippen molar-refractivity contribution in [1.82, 2.24) is 24.9 Å². The van der Waals surface area contributed by atoms with E-state index < -0.39 is 24.1 Å². The summed E-state index contributed by atoms with van der Waals surface area (Å²) in [6, 6.07) is 8.13. The minimum absolute atomic E-state index is 0.189. The summed E-state index contributed by atoms with van der Waals surface area (Å²) in [6.45, 7) is 6.58. The van der Waals surface area contributed by atoms with E-state index in [-0.39, 0.29) is 17.4 Å². The number of nitrogens with zero attached hydrogens (tertiary/aromatic N) is 5. The van der Waals surface area contributed by atoms with Gasteiger partial charge in [0.15, 0.2) is 11.6 Å². The fraction of sp³-hybridized carbons (Fsp3) is 0.250. The standard InChI is InChI=1S/C28H25FN6O5S/c1-13-8-18(24-21(9-13)33-23(38-5)12-31-24)26-34-22-10-19(29)25(35-27(22)41-26)39-15(3)16(4)40-28(37)32-17-6-7-20(14(2)36)30-11-17/h6-12,15-16H,1-5H3,(H,32,37)/t15-,16+/m0/s1. The Kier molecular flexibility index (Phi) is 7.70. The third-order valence-corrected chi connectivity index (χ3v) is 7.13. The topological polar surface area (TPSA) is 138 Å². The zero-order valence-corrected chi connectivity index (χ0v) is 23.6. The van der Waals surface area contributed by atoms with Crippen molar-refractivity contribution in [3.63, 3.8) is 0 Å². The van der Waals surface area contributed by atoms with Crippen LogP contribution in [0.15, 0.2) is 42.7 Å². The first-order chi connectivity index (χ1) is 19.6. The highest BCUT2D eigenvalue weighted by atomic mass is 32.1. The van der Waals surface area contributed by atoms with Gasteiger partial charge in [-0.05, 0) is 50.6 Å². The van der Waals surface area contributed by atoms with Crippen molar-refractivity contribution in [1.29, 1.82) is 0 Å². The molecule has 2 atom stereocenters. The molecule has 1 aromatic carbocycles. The number of Topliss-reactive ketones (excluding diaryl/α,β-unsaturated/α-hetero) is 1. The Morgan fingerprint density at radius 2 is 1.80 bits per heavy atom. The monoisotopic (exact) mass is 576 g/mol. The molecule has 5 rings (SSSR count). The number of methoxy groups -OCH3 is 1. The number of aromatic nitrogens is 5. The third kappa shape index (κ3) is 6.04. The highest BCUT2D eigenvalue weighted by Crippen LogP contribution is 2.35. The second-order valence-electron chi connectivity index (χ2n) is 9.26. The first-order valence-corrected chi connectivity index (χ1v) is 13.3. The molecule has 0 bridgehead atoms. The van der Waals surface area contributed by atoms with Crippen molar-refractivity contribution in [2.45, 2.75) is 39.9 Å². The third-order valence-electron chi connectivity index (χ3n) is 6.14. The van der Waals surface area contributed by atoms with Gasteiger partial charge in [0.25, 0.3) is 5.88 Å². The molecule has 11 nitrogen and oxygen atoms in total. The van der Waals surface area contributed by atoms with E-state index in [4.69, 9.17) is 14.2 Å². The molecular formula is C28H25FN6O5S. The van der Waals surface area contributed by atoms with Crippen LogP contribution < -0.4 is 14.8 Å². The molecule has 1 amide bonds. The molecule has 13 heteroatoms. The van der Waals surface area contributed by atoms with Gasteiger partial charge in [-0.1, -0.05) is 11.3 Å². The SMILES string of the molecule is COc1cnc2c(-c3nc4cc(F)c(O[C@@H](C)[C@@H](C)OC(=O)Nc5ccc(C(C)=O)nc5)nc4s3)cc(C)cc2n1. The normalized spacial score (nSPS) is 12.6. The number of carbonyl (C=O) groups excluding carboxylic acids is 2. The lowest BCUT2D eigenvalue weighted by Gasteiger charge is -2.21. The molecule has 41 heavy (non-hydrogen) atoms. The van der Waals surface area contributed by atoms with Gasteiger partial charge in [-0.3, -0.25) is 15.1 Å². The molecule has 0 fully saturated rings. The van der Waals surface area contributed by atoms with E-state index in [1.165, 1.54) is 56.0 Å². The Balaban J connectivity index is 1.31. The summed E-state index contributed by atoms with van der Waals surface area (Å²) in [5.41, 5.74) is 3.98. The van der Waals surface area contributed by atoms with Crippen LogP contribution in [0.4, 0.5) is 14.9 Å². The lowest BCUT2D eigenvalue weighted by molar-refractivity contribution is 0.0379. The lowest BCUT2D eigenvalue weighted by Crippen LogP contribution is -2.33. The van der Waals surface area contributed by atoms with E-state index in [1.54, 1.807) is 13.8 Å². The van der Waals surface area contributed by atoms with E-state index in [9.17, 15) is 14.0 Å². The second-order valence-corrected chi connectivity index (χ2v) is 10.2. The van der Waals surface area contributed by atoms with Crippen LogP contribution in [0.25, 0.3) is 32.0 Å². The molecule has 0 aliphatic rings. The Labute approximate surface area is 237 Å². The largest absolute Gasteiger partial charge is 0.480 e. The first kappa shape index (κ1) is 27.8. The zero-order valence-electron chi connectivity index (χ0n) is 22.8. The molecule has 4 heterocycles. The lowest BCUT2D eigenvalue weighted by atomic mass is 10.1. The van der Waals surface area contributed by atoms with Gasteiger partial charge in [-0.2, -0.15) is 4.98 Å². The molecular weight excluding hydrogens is 551 g/mol. The summed E-state index contributed by atoms with van der Waals surface area (Å²) >= 11 is 1.27. The number of fused-ring (bicyclic) bond motifs is 2. The molecule has 4 aromatic heterocycles. The summed E-state index contributed by atoms with van der Waals surface area (Å²) in [5, 5.41) is 3.13. The van der Waals surface area contributed by atoms with Crippen molar-refractivity contribution >= 4 is 50.3 Å². The first-order valence-electron chi connectivity index (χ1n) is 12.5. The number of anilines is 1. The number of carbonyl (C=O) groups is 2. The minimum Gasteiger partial charge on any atom is -0.480 e. The Bertz CT molecular complexity index is 1780. The second kappa shape index (κ2) is 11.4. The number of amides is 1. The average molecular weight is 577 g/mol. The van der Waals surface area contributed by atoms with Crippen LogP contribution in [0.5, 0.6) is 11.8 Å². The van der Waals surface area contributed by atoms with E-state index in [0.29, 0.717) is 38.0 Å². The number of halogens is 1. The van der Waals surface area contributed by atoms with Crippen LogP contribution in [0.2, 0.25) is 0 Å². The number of nitrogens with one attached hydrogen (secondary N) is 1. The van der Waals surface area contributed by atoms with Gasteiger partial charge in [0.1, 0.15) is 33.3 Å². The quantitative estimate of drug-likeness (QED) is 0.227. The number of ether oxygens (including phenoxy) is 3. The number of hydrogen-bond donors (Lipinski definition) is 1. The Morgan fingerprint density at radius 1 is 1.00 bits per heavy atom. The summed E-state index contributed by atoms with van der Waals surface area (Å²) < 4.78 is 31.3. The van der Waals surface area contributed by atoms with Crippen LogP contribution in [-0.2, 0) is 4.74 Å². The van der Waals surface area contributed by atoms with E-state index in [0.717, 1.165) is 11.1 Å². The maximum atomic E-state index is 15.0. The van der Waals surface area contributed by atoms with Gasteiger partial charge in [0.2, 0.25) is 5.88 Å².